The van der Waals surface area contributed by atoms with E-state index in [9.17, 15) is 8.42 Å². The highest BCUT2D eigenvalue weighted by Crippen LogP contribution is 2.34. The normalized spacial score (nSPS) is 28.5. The average Bonchev–Trinajstić information content (AvgIpc) is 2.27. The minimum absolute atomic E-state index is 0.0469. The molecule has 1 aliphatic rings. The summed E-state index contributed by atoms with van der Waals surface area (Å²) in [6.45, 7) is 5.88. The van der Waals surface area contributed by atoms with Crippen molar-refractivity contribution in [3.05, 3.63) is 0 Å². The zero-order chi connectivity index (χ0) is 14.7. The van der Waals surface area contributed by atoms with Crippen molar-refractivity contribution in [3.8, 4) is 0 Å². The third-order valence-electron chi connectivity index (χ3n) is 3.96. The fraction of sp³-hybridized carbons (Fsp3) is 0.923. The van der Waals surface area contributed by atoms with Gasteiger partial charge in [-0.05, 0) is 37.5 Å². The van der Waals surface area contributed by atoms with Crippen molar-refractivity contribution in [1.29, 1.82) is 5.41 Å². The zero-order valence-electron chi connectivity index (χ0n) is 12.2. The molecule has 0 radical (unpaired) electrons. The molecular weight excluding hydrogens is 262 g/mol. The minimum Gasteiger partial charge on any atom is -0.386 e. The first kappa shape index (κ1) is 16.4. The second kappa shape index (κ2) is 6.22. The van der Waals surface area contributed by atoms with E-state index < -0.39 is 15.6 Å². The maximum absolute atomic E-state index is 12.1. The fourth-order valence-corrected chi connectivity index (χ4v) is 4.65. The van der Waals surface area contributed by atoms with E-state index in [1.165, 1.54) is 0 Å². The van der Waals surface area contributed by atoms with Crippen LogP contribution in [0.2, 0.25) is 0 Å². The molecule has 112 valence electrons. The van der Waals surface area contributed by atoms with Gasteiger partial charge in [0.25, 0.3) is 0 Å². The summed E-state index contributed by atoms with van der Waals surface area (Å²) < 4.78 is 26.9. The lowest BCUT2D eigenvalue weighted by Crippen LogP contribution is -2.59. The Hall–Kier alpha value is -0.620. The molecule has 0 bridgehead atoms. The molecule has 1 fully saturated rings. The van der Waals surface area contributed by atoms with Gasteiger partial charge in [0.2, 0.25) is 10.0 Å². The van der Waals surface area contributed by atoms with Crippen LogP contribution in [-0.4, -0.2) is 25.5 Å². The van der Waals surface area contributed by atoms with Gasteiger partial charge in [0, 0.05) is 0 Å². The van der Waals surface area contributed by atoms with Gasteiger partial charge < -0.3 is 5.73 Å². The molecule has 0 aromatic rings. The van der Waals surface area contributed by atoms with Gasteiger partial charge in [-0.1, -0.05) is 27.2 Å². The summed E-state index contributed by atoms with van der Waals surface area (Å²) in [7, 11) is -3.38. The van der Waals surface area contributed by atoms with Crippen LogP contribution in [0.3, 0.4) is 0 Å². The SMILES string of the molecule is CCC1CCC(NS(=O)(=O)CC(C)C)(C(=N)N)CC1. The summed E-state index contributed by atoms with van der Waals surface area (Å²) in [5.74, 6) is 0.726. The van der Waals surface area contributed by atoms with E-state index in [4.69, 9.17) is 11.1 Å². The smallest absolute Gasteiger partial charge is 0.212 e. The van der Waals surface area contributed by atoms with E-state index >= 15 is 0 Å². The maximum atomic E-state index is 12.1. The predicted molar refractivity (Wildman–Crippen MR) is 78.7 cm³/mol. The number of rotatable bonds is 6. The van der Waals surface area contributed by atoms with E-state index in [-0.39, 0.29) is 17.5 Å². The molecule has 0 heterocycles. The van der Waals surface area contributed by atoms with Gasteiger partial charge in [0.05, 0.1) is 11.3 Å². The minimum atomic E-state index is -3.38. The molecule has 6 heteroatoms. The first-order valence-electron chi connectivity index (χ1n) is 7.07. The lowest BCUT2D eigenvalue weighted by Gasteiger charge is -2.39. The number of nitrogens with one attached hydrogen (secondary N) is 2. The van der Waals surface area contributed by atoms with E-state index in [1.54, 1.807) is 0 Å². The molecule has 0 aromatic heterocycles. The highest BCUT2D eigenvalue weighted by molar-refractivity contribution is 7.89. The van der Waals surface area contributed by atoms with Crippen molar-refractivity contribution < 1.29 is 8.42 Å². The topological polar surface area (TPSA) is 96.0 Å². The highest BCUT2D eigenvalue weighted by Gasteiger charge is 2.40. The summed E-state index contributed by atoms with van der Waals surface area (Å²) in [5, 5.41) is 7.77. The van der Waals surface area contributed by atoms with E-state index in [0.29, 0.717) is 18.8 Å². The second-order valence-electron chi connectivity index (χ2n) is 6.12. The monoisotopic (exact) mass is 289 g/mol. The predicted octanol–water partition coefficient (Wildman–Crippen LogP) is 1.84. The Kier molecular flexibility index (Phi) is 5.38. The lowest BCUT2D eigenvalue weighted by atomic mass is 9.75. The van der Waals surface area contributed by atoms with Gasteiger partial charge in [-0.25, -0.2) is 13.1 Å². The zero-order valence-corrected chi connectivity index (χ0v) is 13.0. The average molecular weight is 289 g/mol. The summed E-state index contributed by atoms with van der Waals surface area (Å²) in [4.78, 5) is 0. The van der Waals surface area contributed by atoms with Gasteiger partial charge in [-0.2, -0.15) is 0 Å². The number of sulfonamides is 1. The molecule has 0 atom stereocenters. The summed E-state index contributed by atoms with van der Waals surface area (Å²) in [5.41, 5.74) is 4.84. The number of nitrogens with two attached hydrogens (primary N) is 1. The Morgan fingerprint density at radius 2 is 1.95 bits per heavy atom. The molecule has 1 saturated carbocycles. The van der Waals surface area contributed by atoms with Crippen molar-refractivity contribution in [2.75, 3.05) is 5.75 Å². The highest BCUT2D eigenvalue weighted by atomic mass is 32.2. The molecule has 0 aliphatic heterocycles. The molecule has 0 amide bonds. The molecule has 0 saturated heterocycles. The van der Waals surface area contributed by atoms with Crippen molar-refractivity contribution in [1.82, 2.24) is 4.72 Å². The molecule has 19 heavy (non-hydrogen) atoms. The molecule has 1 rings (SSSR count). The molecule has 1 aliphatic carbocycles. The second-order valence-corrected chi connectivity index (χ2v) is 7.89. The molecule has 0 aromatic carbocycles. The van der Waals surface area contributed by atoms with Crippen molar-refractivity contribution in [2.45, 2.75) is 58.4 Å². The molecule has 0 spiro atoms. The van der Waals surface area contributed by atoms with Crippen LogP contribution in [0.15, 0.2) is 0 Å². The van der Waals surface area contributed by atoms with Gasteiger partial charge >= 0.3 is 0 Å². The Labute approximate surface area is 116 Å². The van der Waals surface area contributed by atoms with Crippen LogP contribution in [0.5, 0.6) is 0 Å². The number of hydrogen-bond acceptors (Lipinski definition) is 3. The van der Waals surface area contributed by atoms with Crippen LogP contribution < -0.4 is 10.5 Å². The first-order valence-corrected chi connectivity index (χ1v) is 8.72. The third-order valence-corrected chi connectivity index (χ3v) is 5.76. The summed E-state index contributed by atoms with van der Waals surface area (Å²) in [6, 6.07) is 0. The van der Waals surface area contributed by atoms with Crippen molar-refractivity contribution in [3.63, 3.8) is 0 Å². The van der Waals surface area contributed by atoms with Crippen LogP contribution in [0.25, 0.3) is 0 Å². The largest absolute Gasteiger partial charge is 0.386 e. The Bertz CT molecular complexity index is 410. The van der Waals surface area contributed by atoms with E-state index in [1.807, 2.05) is 13.8 Å². The molecule has 4 N–H and O–H groups in total. The van der Waals surface area contributed by atoms with Crippen molar-refractivity contribution in [2.24, 2.45) is 17.6 Å². The van der Waals surface area contributed by atoms with Crippen LogP contribution in [0, 0.1) is 17.2 Å². The van der Waals surface area contributed by atoms with Crippen LogP contribution in [0.1, 0.15) is 52.9 Å². The molecule has 5 nitrogen and oxygen atoms in total. The number of hydrogen-bond donors (Lipinski definition) is 3. The van der Waals surface area contributed by atoms with Gasteiger partial charge in [0.1, 0.15) is 5.84 Å². The third kappa shape index (κ3) is 4.45. The van der Waals surface area contributed by atoms with Crippen LogP contribution in [-0.2, 0) is 10.0 Å². The van der Waals surface area contributed by atoms with E-state index in [0.717, 1.165) is 19.3 Å². The van der Waals surface area contributed by atoms with Gasteiger partial charge in [-0.15, -0.1) is 0 Å². The van der Waals surface area contributed by atoms with Gasteiger partial charge in [-0.3, -0.25) is 5.41 Å². The lowest BCUT2D eigenvalue weighted by molar-refractivity contribution is 0.266. The maximum Gasteiger partial charge on any atom is 0.212 e. The van der Waals surface area contributed by atoms with Gasteiger partial charge in [0.15, 0.2) is 0 Å². The summed E-state index contributed by atoms with van der Waals surface area (Å²) in [6.07, 6.45) is 4.24. The van der Waals surface area contributed by atoms with Crippen LogP contribution in [0.4, 0.5) is 0 Å². The number of amidine groups is 1. The fourth-order valence-electron chi connectivity index (χ4n) is 2.78. The van der Waals surface area contributed by atoms with E-state index in [2.05, 4.69) is 11.6 Å². The Morgan fingerprint density at radius 1 is 1.42 bits per heavy atom. The summed E-state index contributed by atoms with van der Waals surface area (Å²) >= 11 is 0. The Balaban J connectivity index is 2.82. The standard InChI is InChI=1S/C13H27N3O2S/c1-4-11-5-7-13(8-6-11,12(14)15)16-19(17,18)9-10(2)3/h10-11,16H,4-9H2,1-3H3,(H3,14,15). The molecular formula is C13H27N3O2S. The van der Waals surface area contributed by atoms with Crippen molar-refractivity contribution >= 4 is 15.9 Å². The van der Waals surface area contributed by atoms with Crippen LogP contribution >= 0.6 is 0 Å². The first-order chi connectivity index (χ1) is 8.71. The molecule has 0 unspecified atom stereocenters. The Morgan fingerprint density at radius 3 is 2.32 bits per heavy atom. The quantitative estimate of drug-likeness (QED) is 0.514.